The largest absolute Gasteiger partial charge is 0.447 e. The van der Waals surface area contributed by atoms with Crippen molar-refractivity contribution in [3.8, 4) is 0 Å². The Bertz CT molecular complexity index is 1300. The van der Waals surface area contributed by atoms with Crippen molar-refractivity contribution in [2.75, 3.05) is 18.1 Å². The number of ether oxygens (including phenoxy) is 3. The number of benzene rings is 3. The van der Waals surface area contributed by atoms with E-state index in [1.807, 2.05) is 88.7 Å². The molecule has 3 aromatic carbocycles. The summed E-state index contributed by atoms with van der Waals surface area (Å²) in [4.78, 5) is 30.9. The first-order chi connectivity index (χ1) is 19.7. The van der Waals surface area contributed by atoms with Crippen LogP contribution in [0.2, 0.25) is 0 Å². The number of rotatable bonds is 9. The summed E-state index contributed by atoms with van der Waals surface area (Å²) in [5, 5.41) is 0. The zero-order valence-electron chi connectivity index (χ0n) is 22.7. The molecule has 2 fully saturated rings. The van der Waals surface area contributed by atoms with Gasteiger partial charge in [-0.05, 0) is 48.4 Å². The number of para-hydroxylation sites is 1. The highest BCUT2D eigenvalue weighted by molar-refractivity contribution is 5.91. The molecule has 40 heavy (non-hydrogen) atoms. The van der Waals surface area contributed by atoms with Crippen molar-refractivity contribution < 1.29 is 23.8 Å². The van der Waals surface area contributed by atoms with Crippen molar-refractivity contribution in [2.45, 2.75) is 63.4 Å². The molecule has 0 unspecified atom stereocenters. The third-order valence-electron chi connectivity index (χ3n) is 8.20. The number of hydrogen-bond acceptors (Lipinski definition) is 5. The van der Waals surface area contributed by atoms with Crippen LogP contribution in [0.25, 0.3) is 0 Å². The van der Waals surface area contributed by atoms with Crippen molar-refractivity contribution in [1.82, 2.24) is 4.90 Å². The second kappa shape index (κ2) is 12.1. The van der Waals surface area contributed by atoms with Gasteiger partial charge in [0.25, 0.3) is 0 Å². The summed E-state index contributed by atoms with van der Waals surface area (Å²) >= 11 is 0. The molecule has 3 atom stereocenters. The molecule has 7 nitrogen and oxygen atoms in total. The zero-order valence-corrected chi connectivity index (χ0v) is 22.7. The Hall–Kier alpha value is -3.84. The van der Waals surface area contributed by atoms with Crippen molar-refractivity contribution in [3.63, 3.8) is 0 Å². The average Bonchev–Trinajstić information content (AvgIpc) is 3.71. The molecule has 1 aliphatic heterocycles. The smallest absolute Gasteiger partial charge is 0.414 e. The lowest BCUT2D eigenvalue weighted by atomic mass is 9.82. The molecule has 3 aromatic rings. The monoisotopic (exact) mass is 540 g/mol. The molecule has 208 valence electrons. The molecule has 2 saturated carbocycles. The fourth-order valence-corrected chi connectivity index (χ4v) is 6.27. The third kappa shape index (κ3) is 5.70. The van der Waals surface area contributed by atoms with E-state index in [-0.39, 0.29) is 49.4 Å². The van der Waals surface area contributed by atoms with E-state index in [1.165, 1.54) is 0 Å². The fraction of sp³-hybridized carbons (Fsp3) is 0.394. The summed E-state index contributed by atoms with van der Waals surface area (Å²) in [7, 11) is 0. The number of carbonyl (C=O) groups is 2. The maximum Gasteiger partial charge on any atom is 0.414 e. The van der Waals surface area contributed by atoms with Crippen molar-refractivity contribution in [3.05, 3.63) is 102 Å². The second-order valence-electron chi connectivity index (χ2n) is 10.9. The molecule has 0 bridgehead atoms. The molecule has 0 radical (unpaired) electrons. The van der Waals surface area contributed by atoms with Gasteiger partial charge in [0, 0.05) is 18.0 Å². The van der Waals surface area contributed by atoms with Crippen LogP contribution in [-0.4, -0.2) is 42.4 Å². The minimum absolute atomic E-state index is 0.0218. The first kappa shape index (κ1) is 26.4. The normalized spacial score (nSPS) is 21.3. The summed E-state index contributed by atoms with van der Waals surface area (Å²) in [5.41, 5.74) is 3.87. The first-order valence-corrected chi connectivity index (χ1v) is 14.4. The van der Waals surface area contributed by atoms with E-state index in [0.29, 0.717) is 13.2 Å². The lowest BCUT2D eigenvalue weighted by molar-refractivity contribution is 0.0313. The van der Waals surface area contributed by atoms with E-state index >= 15 is 0 Å². The van der Waals surface area contributed by atoms with Crippen LogP contribution in [0.15, 0.2) is 84.9 Å². The Labute approximate surface area is 235 Å². The van der Waals surface area contributed by atoms with Crippen LogP contribution < -0.4 is 4.90 Å². The Balaban J connectivity index is 1.17. The van der Waals surface area contributed by atoms with Crippen LogP contribution >= 0.6 is 0 Å². The number of amides is 2. The molecule has 1 heterocycles. The Kier molecular flexibility index (Phi) is 8.00. The SMILES string of the molecule is O=C(OCc1ccccc1)N1c2ccccc2[C@H](N(C(=O)OCCOCc2ccccc2)C2CC2)[C@H]2CCC[C@H]21. The predicted molar refractivity (Wildman–Crippen MR) is 152 cm³/mol. The fourth-order valence-electron chi connectivity index (χ4n) is 6.27. The third-order valence-corrected chi connectivity index (χ3v) is 8.20. The molecule has 6 rings (SSSR count). The van der Waals surface area contributed by atoms with Crippen LogP contribution in [0.1, 0.15) is 54.8 Å². The van der Waals surface area contributed by atoms with Gasteiger partial charge < -0.3 is 14.2 Å². The molecule has 0 aromatic heterocycles. The van der Waals surface area contributed by atoms with Crippen molar-refractivity contribution in [1.29, 1.82) is 0 Å². The zero-order chi connectivity index (χ0) is 27.3. The Morgan fingerprint density at radius 3 is 2.15 bits per heavy atom. The molecule has 0 spiro atoms. The maximum absolute atomic E-state index is 13.6. The first-order valence-electron chi connectivity index (χ1n) is 14.4. The minimum atomic E-state index is -0.331. The summed E-state index contributed by atoms with van der Waals surface area (Å²) in [5.74, 6) is 0.127. The summed E-state index contributed by atoms with van der Waals surface area (Å²) in [6, 6.07) is 27.7. The highest BCUT2D eigenvalue weighted by Gasteiger charge is 2.52. The summed E-state index contributed by atoms with van der Waals surface area (Å²) < 4.78 is 17.3. The van der Waals surface area contributed by atoms with Gasteiger partial charge in [0.1, 0.15) is 13.2 Å². The number of nitrogens with zero attached hydrogens (tertiary/aromatic N) is 2. The lowest BCUT2D eigenvalue weighted by Gasteiger charge is -2.46. The molecule has 2 aliphatic carbocycles. The summed E-state index contributed by atoms with van der Waals surface area (Å²) in [6.45, 7) is 1.26. The average molecular weight is 541 g/mol. The molecular formula is C33H36N2O5. The van der Waals surface area contributed by atoms with Crippen LogP contribution in [-0.2, 0) is 27.4 Å². The van der Waals surface area contributed by atoms with Crippen LogP contribution in [0.5, 0.6) is 0 Å². The van der Waals surface area contributed by atoms with Gasteiger partial charge in [-0.1, -0.05) is 85.3 Å². The maximum atomic E-state index is 13.6. The molecule has 7 heteroatoms. The number of fused-ring (bicyclic) bond motifs is 2. The van der Waals surface area contributed by atoms with Crippen molar-refractivity contribution >= 4 is 17.9 Å². The van der Waals surface area contributed by atoms with Crippen LogP contribution in [0.4, 0.5) is 15.3 Å². The van der Waals surface area contributed by atoms with E-state index in [4.69, 9.17) is 14.2 Å². The van der Waals surface area contributed by atoms with E-state index in [0.717, 1.165) is 54.5 Å². The standard InChI is InChI=1S/C33H36N2O5/c36-32(39-21-20-38-22-24-10-3-1-4-11-24)34(26-18-19-26)31-27-14-7-8-16-29(27)35(30-17-9-15-28(30)31)33(37)40-23-25-12-5-2-6-13-25/h1-8,10-14,16,26,28,30-31H,9,15,17-23H2/t28-,30+,31-/m0/s1. The number of carbonyl (C=O) groups excluding carboxylic acids is 2. The van der Waals surface area contributed by atoms with Crippen LogP contribution in [0.3, 0.4) is 0 Å². The molecular weight excluding hydrogens is 504 g/mol. The van der Waals surface area contributed by atoms with Gasteiger partial charge in [0.2, 0.25) is 0 Å². The minimum Gasteiger partial charge on any atom is -0.447 e. The van der Waals surface area contributed by atoms with Crippen molar-refractivity contribution in [2.24, 2.45) is 5.92 Å². The van der Waals surface area contributed by atoms with E-state index in [9.17, 15) is 9.59 Å². The van der Waals surface area contributed by atoms with Gasteiger partial charge in [0.05, 0.1) is 24.9 Å². The molecule has 2 amide bonds. The molecule has 0 saturated heterocycles. The quantitative estimate of drug-likeness (QED) is 0.277. The van der Waals surface area contributed by atoms with E-state index in [2.05, 4.69) is 6.07 Å². The number of anilines is 1. The molecule has 3 aliphatic rings. The molecule has 0 N–H and O–H groups in total. The number of hydrogen-bond donors (Lipinski definition) is 0. The van der Waals surface area contributed by atoms with Gasteiger partial charge in [0.15, 0.2) is 0 Å². The highest BCUT2D eigenvalue weighted by atomic mass is 16.6. The lowest BCUT2D eigenvalue weighted by Crippen LogP contribution is -2.53. The van der Waals surface area contributed by atoms with Gasteiger partial charge in [-0.25, -0.2) is 9.59 Å². The van der Waals surface area contributed by atoms with Gasteiger partial charge >= 0.3 is 12.2 Å². The highest BCUT2D eigenvalue weighted by Crippen LogP contribution is 2.52. The second-order valence-corrected chi connectivity index (χ2v) is 10.9. The van der Waals surface area contributed by atoms with Gasteiger partial charge in [-0.3, -0.25) is 9.80 Å². The topological polar surface area (TPSA) is 68.3 Å². The van der Waals surface area contributed by atoms with Crippen LogP contribution in [0, 0.1) is 5.92 Å². The predicted octanol–water partition coefficient (Wildman–Crippen LogP) is 6.87. The Morgan fingerprint density at radius 1 is 0.750 bits per heavy atom. The van der Waals surface area contributed by atoms with Gasteiger partial charge in [-0.15, -0.1) is 0 Å². The van der Waals surface area contributed by atoms with E-state index in [1.54, 1.807) is 0 Å². The Morgan fingerprint density at radius 2 is 1.43 bits per heavy atom. The van der Waals surface area contributed by atoms with E-state index < -0.39 is 0 Å². The van der Waals surface area contributed by atoms with Gasteiger partial charge in [-0.2, -0.15) is 0 Å². The summed E-state index contributed by atoms with van der Waals surface area (Å²) in [6.07, 6.45) is 4.15.